The first kappa shape index (κ1) is 19.6. The van der Waals surface area contributed by atoms with E-state index in [9.17, 15) is 4.79 Å². The third kappa shape index (κ3) is 3.73. The minimum Gasteiger partial charge on any atom is -0.463 e. The van der Waals surface area contributed by atoms with Crippen LogP contribution in [-0.4, -0.2) is 12.6 Å². The average Bonchev–Trinajstić information content (AvgIpc) is 2.73. The van der Waals surface area contributed by atoms with Crippen molar-refractivity contribution in [1.29, 1.82) is 0 Å². The van der Waals surface area contributed by atoms with E-state index in [0.717, 1.165) is 23.3 Å². The predicted octanol–water partition coefficient (Wildman–Crippen LogP) is 6.61. The maximum absolute atomic E-state index is 11.6. The van der Waals surface area contributed by atoms with Gasteiger partial charge in [-0.1, -0.05) is 54.6 Å². The monoisotopic (exact) mass is 400 g/mol. The van der Waals surface area contributed by atoms with Gasteiger partial charge < -0.3 is 4.74 Å². The topological polar surface area (TPSA) is 26.3 Å². The quantitative estimate of drug-likeness (QED) is 0.403. The van der Waals surface area contributed by atoms with Crippen molar-refractivity contribution >= 4 is 12.0 Å². The van der Waals surface area contributed by atoms with Gasteiger partial charge in [-0.15, -0.1) is 0 Å². The highest BCUT2D eigenvalue weighted by atomic mass is 16.5. The summed E-state index contributed by atoms with van der Waals surface area (Å²) in [7, 11) is 0. The van der Waals surface area contributed by atoms with Crippen molar-refractivity contribution in [3.63, 3.8) is 0 Å². The molecule has 0 aliphatic heterocycles. The molecule has 4 aliphatic rings. The smallest absolute Gasteiger partial charge is 0.330 e. The molecule has 1 atom stereocenters. The Labute approximate surface area is 180 Å². The van der Waals surface area contributed by atoms with E-state index in [2.05, 4.69) is 54.6 Å². The van der Waals surface area contributed by atoms with Crippen molar-refractivity contribution in [3.05, 3.63) is 77.4 Å². The summed E-state index contributed by atoms with van der Waals surface area (Å²) in [6.45, 7) is 2.24. The molecule has 0 spiro atoms. The van der Waals surface area contributed by atoms with E-state index in [-0.39, 0.29) is 5.97 Å². The summed E-state index contributed by atoms with van der Waals surface area (Å²) in [6.07, 6.45) is 12.0. The van der Waals surface area contributed by atoms with Crippen molar-refractivity contribution in [2.75, 3.05) is 6.61 Å². The van der Waals surface area contributed by atoms with Crippen LogP contribution in [0.3, 0.4) is 0 Å². The summed E-state index contributed by atoms with van der Waals surface area (Å²) in [5.41, 5.74) is 4.35. The molecule has 2 nitrogen and oxygen atoms in total. The zero-order chi connectivity index (χ0) is 20.6. The second-order valence-corrected chi connectivity index (χ2v) is 9.88. The Bertz CT molecular complexity index is 874. The first-order valence-electron chi connectivity index (χ1n) is 11.6. The molecular formula is C28H32O2. The van der Waals surface area contributed by atoms with Crippen LogP contribution >= 0.6 is 0 Å². The second kappa shape index (κ2) is 8.06. The third-order valence-corrected chi connectivity index (χ3v) is 7.80. The van der Waals surface area contributed by atoms with Gasteiger partial charge in [0.2, 0.25) is 0 Å². The fourth-order valence-electron chi connectivity index (χ4n) is 7.23. The Hall–Kier alpha value is -2.35. The van der Waals surface area contributed by atoms with Crippen LogP contribution in [0.5, 0.6) is 0 Å². The van der Waals surface area contributed by atoms with Gasteiger partial charge in [-0.25, -0.2) is 4.79 Å². The lowest BCUT2D eigenvalue weighted by Gasteiger charge is -2.59. The standard InChI is InChI=1S/C28H32O2/c1-2-30-26(29)13-10-20-8-11-25(12-9-20)27(24-6-4-3-5-7-24)28-17-21-14-22(18-28)16-23(15-21)19-28/h3-13,21-23,27H,2,14-19H2,1H3/b13-10+. The Morgan fingerprint density at radius 2 is 1.50 bits per heavy atom. The summed E-state index contributed by atoms with van der Waals surface area (Å²) in [6, 6.07) is 20.1. The molecule has 1 unspecified atom stereocenters. The van der Waals surface area contributed by atoms with Gasteiger partial charge in [0.15, 0.2) is 0 Å². The zero-order valence-electron chi connectivity index (χ0n) is 17.9. The Balaban J connectivity index is 1.47. The lowest BCUT2D eigenvalue weighted by Crippen LogP contribution is -2.49. The highest BCUT2D eigenvalue weighted by Gasteiger charge is 2.54. The number of ether oxygens (including phenoxy) is 1. The van der Waals surface area contributed by atoms with Gasteiger partial charge in [0, 0.05) is 12.0 Å². The summed E-state index contributed by atoms with van der Waals surface area (Å²) in [5.74, 6) is 3.00. The van der Waals surface area contributed by atoms with Gasteiger partial charge in [-0.05, 0) is 91.4 Å². The average molecular weight is 401 g/mol. The first-order chi connectivity index (χ1) is 14.6. The van der Waals surface area contributed by atoms with Crippen molar-refractivity contribution < 1.29 is 9.53 Å². The van der Waals surface area contributed by atoms with Crippen LogP contribution in [0.25, 0.3) is 6.08 Å². The summed E-state index contributed by atoms with van der Waals surface area (Å²) in [4.78, 5) is 11.6. The van der Waals surface area contributed by atoms with Crippen LogP contribution < -0.4 is 0 Å². The fraction of sp³-hybridized carbons (Fsp3) is 0.464. The molecule has 0 amide bonds. The van der Waals surface area contributed by atoms with Crippen molar-refractivity contribution in [2.24, 2.45) is 23.2 Å². The third-order valence-electron chi connectivity index (χ3n) is 7.80. The van der Waals surface area contributed by atoms with Crippen LogP contribution in [0.1, 0.15) is 68.1 Å². The Morgan fingerprint density at radius 3 is 2.07 bits per heavy atom. The second-order valence-electron chi connectivity index (χ2n) is 9.88. The SMILES string of the molecule is CCOC(=O)/C=C/c1ccc(C(c2ccccc2)C23CC4CC(CC(C4)C2)C3)cc1. The number of rotatable bonds is 6. The van der Waals surface area contributed by atoms with Crippen LogP contribution in [0.15, 0.2) is 60.7 Å². The van der Waals surface area contributed by atoms with Crippen molar-refractivity contribution in [3.8, 4) is 0 Å². The van der Waals surface area contributed by atoms with E-state index in [1.54, 1.807) is 0 Å². The van der Waals surface area contributed by atoms with Gasteiger partial charge in [0.25, 0.3) is 0 Å². The number of carbonyl (C=O) groups excluding carboxylic acids is 1. The van der Waals surface area contributed by atoms with E-state index in [1.165, 1.54) is 55.7 Å². The maximum atomic E-state index is 11.6. The fourth-order valence-corrected chi connectivity index (χ4v) is 7.23. The van der Waals surface area contributed by atoms with Gasteiger partial charge in [0.1, 0.15) is 0 Å². The van der Waals surface area contributed by atoms with E-state index in [0.29, 0.717) is 17.9 Å². The van der Waals surface area contributed by atoms with Gasteiger partial charge in [-0.3, -0.25) is 0 Å². The minimum atomic E-state index is -0.280. The summed E-state index contributed by atoms with van der Waals surface area (Å²) >= 11 is 0. The number of hydrogen-bond donors (Lipinski definition) is 0. The van der Waals surface area contributed by atoms with E-state index >= 15 is 0 Å². The number of esters is 1. The Morgan fingerprint density at radius 1 is 0.933 bits per heavy atom. The number of hydrogen-bond acceptors (Lipinski definition) is 2. The molecule has 4 saturated carbocycles. The highest BCUT2D eigenvalue weighted by Crippen LogP contribution is 2.65. The maximum Gasteiger partial charge on any atom is 0.330 e. The predicted molar refractivity (Wildman–Crippen MR) is 121 cm³/mol. The molecule has 2 heteroatoms. The summed E-state index contributed by atoms with van der Waals surface area (Å²) < 4.78 is 5.00. The van der Waals surface area contributed by atoms with Gasteiger partial charge in [0.05, 0.1) is 6.61 Å². The molecule has 4 fully saturated rings. The molecule has 0 radical (unpaired) electrons. The van der Waals surface area contributed by atoms with Gasteiger partial charge >= 0.3 is 5.97 Å². The number of carbonyl (C=O) groups is 1. The minimum absolute atomic E-state index is 0.280. The first-order valence-corrected chi connectivity index (χ1v) is 11.6. The van der Waals surface area contributed by atoms with E-state index in [4.69, 9.17) is 4.74 Å². The van der Waals surface area contributed by atoms with E-state index in [1.807, 2.05) is 13.0 Å². The highest BCUT2D eigenvalue weighted by molar-refractivity contribution is 5.87. The molecule has 4 bridgehead atoms. The molecule has 0 heterocycles. The molecule has 6 rings (SSSR count). The van der Waals surface area contributed by atoms with Gasteiger partial charge in [-0.2, -0.15) is 0 Å². The molecule has 30 heavy (non-hydrogen) atoms. The van der Waals surface area contributed by atoms with Crippen LogP contribution in [0.4, 0.5) is 0 Å². The van der Waals surface area contributed by atoms with Crippen molar-refractivity contribution in [1.82, 2.24) is 0 Å². The van der Waals surface area contributed by atoms with Crippen LogP contribution in [0, 0.1) is 23.2 Å². The molecule has 0 aromatic heterocycles. The lowest BCUT2D eigenvalue weighted by atomic mass is 9.45. The molecule has 0 N–H and O–H groups in total. The lowest BCUT2D eigenvalue weighted by molar-refractivity contribution is -0.137. The van der Waals surface area contributed by atoms with E-state index < -0.39 is 0 Å². The Kier molecular flexibility index (Phi) is 5.26. The molecule has 2 aromatic rings. The van der Waals surface area contributed by atoms with Crippen molar-refractivity contribution in [2.45, 2.75) is 51.4 Å². The zero-order valence-corrected chi connectivity index (χ0v) is 17.9. The molecule has 0 saturated heterocycles. The van der Waals surface area contributed by atoms with Crippen LogP contribution in [-0.2, 0) is 9.53 Å². The normalized spacial score (nSPS) is 30.5. The van der Waals surface area contributed by atoms with Crippen LogP contribution in [0.2, 0.25) is 0 Å². The molecule has 2 aromatic carbocycles. The number of benzene rings is 2. The largest absolute Gasteiger partial charge is 0.463 e. The molecular weight excluding hydrogens is 368 g/mol. The molecule has 156 valence electrons. The summed E-state index contributed by atoms with van der Waals surface area (Å²) in [5, 5.41) is 0. The molecule has 4 aliphatic carbocycles.